The lowest BCUT2D eigenvalue weighted by Crippen LogP contribution is -2.54. The molecule has 0 spiro atoms. The van der Waals surface area contributed by atoms with Gasteiger partial charge in [0.15, 0.2) is 10.6 Å². The molecule has 0 aliphatic carbocycles. The van der Waals surface area contributed by atoms with Crippen molar-refractivity contribution in [3.63, 3.8) is 0 Å². The quantitative estimate of drug-likeness (QED) is 0.336. The van der Waals surface area contributed by atoms with Crippen LogP contribution < -0.4 is 10.6 Å². The van der Waals surface area contributed by atoms with E-state index in [-0.39, 0.29) is 42.1 Å². The van der Waals surface area contributed by atoms with E-state index >= 15 is 0 Å². The molecule has 0 aromatic heterocycles. The number of benzene rings is 1. The van der Waals surface area contributed by atoms with Crippen molar-refractivity contribution in [1.82, 2.24) is 10.6 Å². The molecule has 1 aliphatic heterocycles. The number of rotatable bonds is 9. The predicted molar refractivity (Wildman–Crippen MR) is 131 cm³/mol. The summed E-state index contributed by atoms with van der Waals surface area (Å²) < 4.78 is 80.9. The van der Waals surface area contributed by atoms with Crippen molar-refractivity contribution in [1.29, 1.82) is 0 Å². The molecule has 7 nitrogen and oxygen atoms in total. The van der Waals surface area contributed by atoms with E-state index in [0.717, 1.165) is 17.8 Å². The lowest BCUT2D eigenvalue weighted by Gasteiger charge is -2.34. The molecular formula is C24H31F6N3O4S. The Morgan fingerprint density at radius 2 is 1.61 bits per heavy atom. The SMILES string of the molecule is CCNC(=O)C1(CC)N=C(C(=O)NCC(C)(C)O)SC1c1ccc(C(O)(C(F)(F)F)C(F)(F)F)cc1CC. The molecule has 1 heterocycles. The number of amides is 2. The van der Waals surface area contributed by atoms with Crippen molar-refractivity contribution in [3.05, 3.63) is 34.9 Å². The lowest BCUT2D eigenvalue weighted by molar-refractivity contribution is -0.376. The average molecular weight is 572 g/mol. The molecule has 38 heavy (non-hydrogen) atoms. The van der Waals surface area contributed by atoms with Crippen molar-refractivity contribution in [2.45, 2.75) is 81.8 Å². The topological polar surface area (TPSA) is 111 Å². The summed E-state index contributed by atoms with van der Waals surface area (Å²) in [6.45, 7) is 7.76. The fourth-order valence-corrected chi connectivity index (χ4v) is 5.56. The number of aryl methyl sites for hydroxylation is 1. The first-order chi connectivity index (χ1) is 17.3. The summed E-state index contributed by atoms with van der Waals surface area (Å²) >= 11 is 0.851. The molecule has 0 bridgehead atoms. The molecule has 2 atom stereocenters. The van der Waals surface area contributed by atoms with E-state index in [1.54, 1.807) is 13.8 Å². The lowest BCUT2D eigenvalue weighted by atomic mass is 9.82. The Balaban J connectivity index is 2.67. The Morgan fingerprint density at radius 3 is 2.05 bits per heavy atom. The van der Waals surface area contributed by atoms with Gasteiger partial charge in [0, 0.05) is 18.7 Å². The number of nitrogens with zero attached hydrogens (tertiary/aromatic N) is 1. The Kier molecular flexibility index (Phi) is 9.27. The molecule has 1 aromatic rings. The van der Waals surface area contributed by atoms with Crippen molar-refractivity contribution >= 4 is 28.6 Å². The molecule has 2 rings (SSSR count). The van der Waals surface area contributed by atoms with Gasteiger partial charge in [-0.1, -0.05) is 43.8 Å². The van der Waals surface area contributed by atoms with E-state index in [2.05, 4.69) is 15.6 Å². The highest BCUT2D eigenvalue weighted by Crippen LogP contribution is 2.53. The first-order valence-electron chi connectivity index (χ1n) is 11.8. The number of likely N-dealkylation sites (N-methyl/N-ethyl adjacent to an activating group) is 1. The minimum atomic E-state index is -6.05. The first-order valence-corrected chi connectivity index (χ1v) is 12.7. The number of carbonyl (C=O) groups is 2. The highest BCUT2D eigenvalue weighted by atomic mass is 32.2. The van der Waals surface area contributed by atoms with Gasteiger partial charge in [-0.3, -0.25) is 14.6 Å². The van der Waals surface area contributed by atoms with Crippen molar-refractivity contribution < 1.29 is 46.1 Å². The molecule has 0 fully saturated rings. The number of nitrogens with one attached hydrogen (secondary N) is 2. The van der Waals surface area contributed by atoms with Crippen LogP contribution in [0.5, 0.6) is 0 Å². The van der Waals surface area contributed by atoms with Gasteiger partial charge in [-0.2, -0.15) is 26.3 Å². The van der Waals surface area contributed by atoms with Gasteiger partial charge in [-0.15, -0.1) is 0 Å². The first kappa shape index (κ1) is 31.9. The van der Waals surface area contributed by atoms with Crippen LogP contribution in [0.3, 0.4) is 0 Å². The van der Waals surface area contributed by atoms with E-state index in [9.17, 15) is 46.1 Å². The van der Waals surface area contributed by atoms with Crippen LogP contribution in [0.4, 0.5) is 26.3 Å². The van der Waals surface area contributed by atoms with Crippen LogP contribution >= 0.6 is 11.8 Å². The van der Waals surface area contributed by atoms with Crippen LogP contribution in [0.25, 0.3) is 0 Å². The minimum absolute atomic E-state index is 0.0161. The van der Waals surface area contributed by atoms with Gasteiger partial charge in [0.1, 0.15) is 0 Å². The Labute approximate surface area is 220 Å². The number of aliphatic imine (C=N–C) groups is 1. The zero-order valence-electron chi connectivity index (χ0n) is 21.5. The summed E-state index contributed by atoms with van der Waals surface area (Å²) in [7, 11) is 0. The second-order valence-corrected chi connectivity index (χ2v) is 10.6. The highest BCUT2D eigenvalue weighted by molar-refractivity contribution is 8.16. The number of hydrogen-bond acceptors (Lipinski definition) is 6. The maximum absolute atomic E-state index is 13.5. The molecule has 0 radical (unpaired) electrons. The number of hydrogen-bond donors (Lipinski definition) is 4. The third-order valence-electron chi connectivity index (χ3n) is 6.15. The fourth-order valence-electron chi connectivity index (χ4n) is 4.06. The maximum atomic E-state index is 13.5. The molecular weight excluding hydrogens is 540 g/mol. The van der Waals surface area contributed by atoms with Gasteiger partial charge in [0.05, 0.1) is 10.9 Å². The average Bonchev–Trinajstić information content (AvgIpc) is 3.20. The van der Waals surface area contributed by atoms with Crippen molar-refractivity contribution in [3.8, 4) is 0 Å². The van der Waals surface area contributed by atoms with Gasteiger partial charge in [-0.25, -0.2) is 0 Å². The van der Waals surface area contributed by atoms with Crippen LogP contribution in [0.2, 0.25) is 0 Å². The van der Waals surface area contributed by atoms with Crippen LogP contribution in [0.1, 0.15) is 63.0 Å². The Hall–Kier alpha value is -2.32. The van der Waals surface area contributed by atoms with E-state index in [4.69, 9.17) is 0 Å². The van der Waals surface area contributed by atoms with Crippen LogP contribution in [-0.4, -0.2) is 63.7 Å². The molecule has 1 aliphatic rings. The van der Waals surface area contributed by atoms with Gasteiger partial charge >= 0.3 is 12.4 Å². The third-order valence-corrected chi connectivity index (χ3v) is 7.53. The minimum Gasteiger partial charge on any atom is -0.389 e. The van der Waals surface area contributed by atoms with Gasteiger partial charge < -0.3 is 20.8 Å². The summed E-state index contributed by atoms with van der Waals surface area (Å²) in [6, 6.07) is 2.16. The van der Waals surface area contributed by atoms with E-state index in [1.807, 2.05) is 0 Å². The summed E-state index contributed by atoms with van der Waals surface area (Å²) in [5.41, 5.74) is -9.15. The van der Waals surface area contributed by atoms with Gasteiger partial charge in [-0.05, 0) is 44.7 Å². The second kappa shape index (κ2) is 11.0. The highest BCUT2D eigenvalue weighted by Gasteiger charge is 2.71. The predicted octanol–water partition coefficient (Wildman–Crippen LogP) is 3.92. The van der Waals surface area contributed by atoms with E-state index in [0.29, 0.717) is 12.1 Å². The standard InChI is InChI=1S/C24H31F6N3O4S/c1-6-13-11-14(22(37,23(25,26)27)24(28,29)30)9-10-15(13)16-21(7-2,19(35)31-8-3)33-18(38-16)17(34)32-12-20(4,5)36/h9-11,16,36-37H,6-8,12H2,1-5H3,(H,31,35)(H,32,34). The number of aliphatic hydroxyl groups is 2. The molecule has 214 valence electrons. The summed E-state index contributed by atoms with van der Waals surface area (Å²) in [5.74, 6) is -1.27. The van der Waals surface area contributed by atoms with Crippen molar-refractivity contribution in [2.75, 3.05) is 13.1 Å². The zero-order chi connectivity index (χ0) is 29.3. The largest absolute Gasteiger partial charge is 0.430 e. The number of thioether (sulfide) groups is 1. The molecule has 1 aromatic carbocycles. The molecule has 2 unspecified atom stereocenters. The van der Waals surface area contributed by atoms with Gasteiger partial charge in [0.2, 0.25) is 5.91 Å². The van der Waals surface area contributed by atoms with Crippen LogP contribution in [0.15, 0.2) is 23.2 Å². The third kappa shape index (κ3) is 5.96. The van der Waals surface area contributed by atoms with Gasteiger partial charge in [0.25, 0.3) is 11.5 Å². The van der Waals surface area contributed by atoms with Crippen LogP contribution in [0, 0.1) is 0 Å². The summed E-state index contributed by atoms with van der Waals surface area (Å²) in [6.07, 6.45) is -12.1. The number of halogens is 6. The smallest absolute Gasteiger partial charge is 0.389 e. The second-order valence-electron chi connectivity index (χ2n) is 9.52. The fraction of sp³-hybridized carbons (Fsp3) is 0.625. The number of carbonyl (C=O) groups excluding carboxylic acids is 2. The molecule has 2 amide bonds. The maximum Gasteiger partial charge on any atom is 0.430 e. The Morgan fingerprint density at radius 1 is 1.03 bits per heavy atom. The Bertz CT molecular complexity index is 1070. The zero-order valence-corrected chi connectivity index (χ0v) is 22.3. The normalized spacial score (nSPS) is 20.8. The van der Waals surface area contributed by atoms with E-state index in [1.165, 1.54) is 20.8 Å². The summed E-state index contributed by atoms with van der Waals surface area (Å²) in [5, 5.41) is 23.8. The molecule has 0 saturated carbocycles. The number of alkyl halides is 6. The molecule has 14 heteroatoms. The van der Waals surface area contributed by atoms with E-state index < -0.39 is 51.7 Å². The monoisotopic (exact) mass is 571 g/mol. The van der Waals surface area contributed by atoms with Crippen molar-refractivity contribution in [2.24, 2.45) is 4.99 Å². The van der Waals surface area contributed by atoms with Crippen LogP contribution in [-0.2, 0) is 21.6 Å². The summed E-state index contributed by atoms with van der Waals surface area (Å²) in [4.78, 5) is 30.4. The molecule has 4 N–H and O–H groups in total. The molecule has 0 saturated heterocycles.